The maximum Gasteiger partial charge on any atom is 0.204 e. The van der Waals surface area contributed by atoms with Gasteiger partial charge in [-0.1, -0.05) is 54.5 Å². The largest absolute Gasteiger partial charge is 0.356 e. The van der Waals surface area contributed by atoms with Crippen molar-refractivity contribution in [1.82, 2.24) is 14.7 Å². The van der Waals surface area contributed by atoms with Crippen molar-refractivity contribution in [2.45, 2.75) is 57.8 Å². The van der Waals surface area contributed by atoms with Gasteiger partial charge in [0, 0.05) is 19.1 Å². The lowest BCUT2D eigenvalue weighted by Gasteiger charge is -2.43. The van der Waals surface area contributed by atoms with Crippen LogP contribution in [0.2, 0.25) is 0 Å². The van der Waals surface area contributed by atoms with Crippen molar-refractivity contribution < 1.29 is 0 Å². The Kier molecular flexibility index (Phi) is 5.48. The van der Waals surface area contributed by atoms with Crippen molar-refractivity contribution in [2.24, 2.45) is 5.92 Å². The zero-order chi connectivity index (χ0) is 17.1. The molecule has 2 heterocycles. The first-order valence-electron chi connectivity index (χ1n) is 9.39. The lowest BCUT2D eigenvalue weighted by molar-refractivity contribution is 0.0327. The highest BCUT2D eigenvalue weighted by atomic mass is 32.1. The fourth-order valence-electron chi connectivity index (χ4n) is 4.32. The predicted molar refractivity (Wildman–Crippen MR) is 106 cm³/mol. The molecule has 1 aromatic carbocycles. The Hall–Kier alpha value is -1.24. The number of likely N-dealkylation sites (tertiary alicyclic amines) is 1. The van der Waals surface area contributed by atoms with Crippen LogP contribution in [-0.4, -0.2) is 27.3 Å². The van der Waals surface area contributed by atoms with Gasteiger partial charge < -0.3 is 5.32 Å². The van der Waals surface area contributed by atoms with Crippen LogP contribution in [0, 0.1) is 9.87 Å². The molecule has 6 heteroatoms. The number of anilines is 1. The van der Waals surface area contributed by atoms with Gasteiger partial charge in [0.2, 0.25) is 5.13 Å². The molecular weight excluding hydrogens is 348 g/mol. The fraction of sp³-hybridized carbons (Fsp3) is 0.579. The molecule has 2 aromatic rings. The van der Waals surface area contributed by atoms with Crippen LogP contribution in [0.3, 0.4) is 0 Å². The quantitative estimate of drug-likeness (QED) is 0.755. The molecule has 0 amide bonds. The summed E-state index contributed by atoms with van der Waals surface area (Å²) >= 11 is 7.15. The lowest BCUT2D eigenvalue weighted by Crippen LogP contribution is -2.47. The molecule has 0 bridgehead atoms. The zero-order valence-electron chi connectivity index (χ0n) is 14.6. The van der Waals surface area contributed by atoms with Gasteiger partial charge in [-0.15, -0.1) is 5.10 Å². The molecule has 1 N–H and O–H groups in total. The number of rotatable bonds is 5. The van der Waals surface area contributed by atoms with E-state index >= 15 is 0 Å². The molecule has 0 radical (unpaired) electrons. The van der Waals surface area contributed by atoms with E-state index in [4.69, 9.17) is 17.3 Å². The fourth-order valence-corrected chi connectivity index (χ4v) is 5.30. The molecule has 25 heavy (non-hydrogen) atoms. The molecule has 2 aliphatic rings. The Morgan fingerprint density at radius 3 is 2.80 bits per heavy atom. The monoisotopic (exact) mass is 374 g/mol. The number of nitrogens with zero attached hydrogens (tertiary/aromatic N) is 3. The van der Waals surface area contributed by atoms with Crippen LogP contribution in [0.15, 0.2) is 30.3 Å². The number of benzene rings is 1. The smallest absolute Gasteiger partial charge is 0.204 e. The molecule has 1 aliphatic heterocycles. The van der Waals surface area contributed by atoms with Crippen molar-refractivity contribution >= 4 is 28.7 Å². The Bertz CT molecular complexity index is 737. The van der Waals surface area contributed by atoms with Crippen LogP contribution in [0.1, 0.15) is 44.1 Å². The predicted octanol–water partition coefficient (Wildman–Crippen LogP) is 4.90. The van der Waals surface area contributed by atoms with Crippen LogP contribution >= 0.6 is 23.6 Å². The van der Waals surface area contributed by atoms with E-state index < -0.39 is 0 Å². The summed E-state index contributed by atoms with van der Waals surface area (Å²) in [4.78, 5) is 2.63. The number of hydrogen-bond donors (Lipinski definition) is 1. The first kappa shape index (κ1) is 17.2. The van der Waals surface area contributed by atoms with Gasteiger partial charge in [0.1, 0.15) is 0 Å². The van der Waals surface area contributed by atoms with Crippen molar-refractivity contribution in [3.63, 3.8) is 0 Å². The number of piperidine rings is 1. The standard InChI is InChI=1S/C19H26N4S2/c24-19-23(14-22-12-6-10-16-9-4-5-11-17(16)22)21-18(25-19)20-13-15-7-2-1-3-8-15/h1-3,7-8,16-17H,4-6,9-14H2,(H,20,21)/t16-,17+/m1/s1. The summed E-state index contributed by atoms with van der Waals surface area (Å²) in [5.74, 6) is 0.894. The highest BCUT2D eigenvalue weighted by molar-refractivity contribution is 7.73. The van der Waals surface area contributed by atoms with Gasteiger partial charge in [0.05, 0.1) is 6.67 Å². The summed E-state index contributed by atoms with van der Waals surface area (Å²) in [6.45, 7) is 2.83. The maximum atomic E-state index is 5.57. The zero-order valence-corrected chi connectivity index (χ0v) is 16.2. The second-order valence-electron chi connectivity index (χ2n) is 7.22. The molecule has 2 atom stereocenters. The molecule has 1 aromatic heterocycles. The highest BCUT2D eigenvalue weighted by Crippen LogP contribution is 2.35. The van der Waals surface area contributed by atoms with Crippen LogP contribution < -0.4 is 5.32 Å². The summed E-state index contributed by atoms with van der Waals surface area (Å²) in [7, 11) is 0. The Labute approximate surface area is 158 Å². The molecule has 1 aliphatic carbocycles. The van der Waals surface area contributed by atoms with Gasteiger partial charge in [0.25, 0.3) is 0 Å². The molecule has 134 valence electrons. The number of hydrogen-bond acceptors (Lipinski definition) is 5. The Balaban J connectivity index is 1.41. The van der Waals surface area contributed by atoms with E-state index in [1.807, 2.05) is 10.7 Å². The van der Waals surface area contributed by atoms with Crippen LogP contribution in [0.5, 0.6) is 0 Å². The summed E-state index contributed by atoms with van der Waals surface area (Å²) < 4.78 is 2.89. The minimum Gasteiger partial charge on any atom is -0.356 e. The van der Waals surface area contributed by atoms with Gasteiger partial charge in [-0.3, -0.25) is 4.90 Å². The van der Waals surface area contributed by atoms with E-state index in [1.165, 1.54) is 50.6 Å². The second kappa shape index (κ2) is 7.98. The second-order valence-corrected chi connectivity index (χ2v) is 8.84. The third kappa shape index (κ3) is 4.13. The summed E-state index contributed by atoms with van der Waals surface area (Å²) in [5, 5.41) is 9.07. The lowest BCUT2D eigenvalue weighted by atomic mass is 9.78. The van der Waals surface area contributed by atoms with Crippen LogP contribution in [-0.2, 0) is 13.2 Å². The van der Waals surface area contributed by atoms with Crippen molar-refractivity contribution in [3.8, 4) is 0 Å². The Morgan fingerprint density at radius 2 is 1.92 bits per heavy atom. The average molecular weight is 375 g/mol. The first-order valence-corrected chi connectivity index (χ1v) is 10.6. The van der Waals surface area contributed by atoms with Crippen LogP contribution in [0.4, 0.5) is 5.13 Å². The molecule has 2 fully saturated rings. The minimum atomic E-state index is 0.742. The summed E-state index contributed by atoms with van der Waals surface area (Å²) in [5.41, 5.74) is 1.26. The van der Waals surface area contributed by atoms with E-state index in [0.717, 1.165) is 34.3 Å². The minimum absolute atomic E-state index is 0.742. The van der Waals surface area contributed by atoms with Gasteiger partial charge in [-0.05, 0) is 49.4 Å². The van der Waals surface area contributed by atoms with E-state index in [1.54, 1.807) is 11.3 Å². The third-order valence-electron chi connectivity index (χ3n) is 5.57. The van der Waals surface area contributed by atoms with E-state index in [9.17, 15) is 0 Å². The Morgan fingerprint density at radius 1 is 1.12 bits per heavy atom. The van der Waals surface area contributed by atoms with Gasteiger partial charge in [0.15, 0.2) is 3.95 Å². The molecule has 1 saturated carbocycles. The van der Waals surface area contributed by atoms with E-state index in [2.05, 4.69) is 34.5 Å². The number of fused-ring (bicyclic) bond motifs is 1. The van der Waals surface area contributed by atoms with Gasteiger partial charge in [-0.25, -0.2) is 4.68 Å². The number of aromatic nitrogens is 2. The third-order valence-corrected chi connectivity index (χ3v) is 6.83. The SMILES string of the molecule is S=c1sc(NCc2ccccc2)nn1CN1CCC[C@H]2CCCC[C@@H]21. The summed E-state index contributed by atoms with van der Waals surface area (Å²) in [6, 6.07) is 11.2. The molecule has 4 nitrogen and oxygen atoms in total. The average Bonchev–Trinajstić information content (AvgIpc) is 3.01. The van der Waals surface area contributed by atoms with E-state index in [-0.39, 0.29) is 0 Å². The first-order chi connectivity index (χ1) is 12.3. The topological polar surface area (TPSA) is 33.1 Å². The van der Waals surface area contributed by atoms with Crippen molar-refractivity contribution in [1.29, 1.82) is 0 Å². The maximum absolute atomic E-state index is 5.57. The summed E-state index contributed by atoms with van der Waals surface area (Å²) in [6.07, 6.45) is 8.28. The molecule has 0 unspecified atom stereocenters. The van der Waals surface area contributed by atoms with Gasteiger partial charge in [-0.2, -0.15) is 0 Å². The molecule has 4 rings (SSSR count). The normalized spacial score (nSPS) is 24.0. The van der Waals surface area contributed by atoms with Crippen LogP contribution in [0.25, 0.3) is 0 Å². The van der Waals surface area contributed by atoms with Gasteiger partial charge >= 0.3 is 0 Å². The molecule has 0 spiro atoms. The molecular formula is C19H26N4S2. The highest BCUT2D eigenvalue weighted by Gasteiger charge is 2.33. The molecule has 1 saturated heterocycles. The van der Waals surface area contributed by atoms with Crippen molar-refractivity contribution in [2.75, 3.05) is 11.9 Å². The van der Waals surface area contributed by atoms with Crippen molar-refractivity contribution in [3.05, 3.63) is 39.8 Å². The number of nitrogens with one attached hydrogen (secondary N) is 1. The van der Waals surface area contributed by atoms with E-state index in [0.29, 0.717) is 0 Å².